The van der Waals surface area contributed by atoms with Crippen molar-refractivity contribution in [1.82, 2.24) is 4.90 Å². The van der Waals surface area contributed by atoms with Gasteiger partial charge in [0.25, 0.3) is 0 Å². The minimum Gasteiger partial charge on any atom is -0.385 e. The van der Waals surface area contributed by atoms with Crippen molar-refractivity contribution in [3.8, 4) is 0 Å². The first-order valence-electron chi connectivity index (χ1n) is 6.04. The molecule has 2 rings (SSSR count). The molecule has 17 heavy (non-hydrogen) atoms. The number of Topliss-reactive ketones (excluding diaryl/α,β-unsaturated/α-hetero) is 1. The summed E-state index contributed by atoms with van der Waals surface area (Å²) in [6, 6.07) is 7.39. The van der Waals surface area contributed by atoms with Crippen LogP contribution >= 0.6 is 0 Å². The van der Waals surface area contributed by atoms with Crippen LogP contribution in [0.2, 0.25) is 0 Å². The number of carbonyl (C=O) groups excluding carboxylic acids is 1. The van der Waals surface area contributed by atoms with Crippen LogP contribution in [0.5, 0.6) is 0 Å². The third-order valence-corrected chi connectivity index (χ3v) is 3.62. The molecule has 0 atom stereocenters. The van der Waals surface area contributed by atoms with Crippen LogP contribution in [0.15, 0.2) is 24.3 Å². The van der Waals surface area contributed by atoms with Crippen LogP contribution in [0.4, 0.5) is 0 Å². The van der Waals surface area contributed by atoms with Crippen molar-refractivity contribution in [1.29, 1.82) is 0 Å². The zero-order chi connectivity index (χ0) is 12.5. The number of piperidine rings is 1. The molecule has 1 aliphatic rings. The van der Waals surface area contributed by atoms with Crippen molar-refractivity contribution in [3.63, 3.8) is 0 Å². The Balaban J connectivity index is 2.27. The van der Waals surface area contributed by atoms with Crippen LogP contribution in [0.25, 0.3) is 0 Å². The molecule has 92 valence electrons. The monoisotopic (exact) mass is 233 g/mol. The van der Waals surface area contributed by atoms with Crippen LogP contribution in [0.3, 0.4) is 0 Å². The molecule has 0 saturated carbocycles. The quantitative estimate of drug-likeness (QED) is 0.792. The number of benzene rings is 1. The lowest BCUT2D eigenvalue weighted by Crippen LogP contribution is -2.40. The summed E-state index contributed by atoms with van der Waals surface area (Å²) in [5.74, 6) is 0.0448. The Labute approximate surface area is 102 Å². The Morgan fingerprint density at radius 2 is 2.00 bits per heavy atom. The van der Waals surface area contributed by atoms with E-state index in [9.17, 15) is 9.90 Å². The summed E-state index contributed by atoms with van der Waals surface area (Å²) in [5.41, 5.74) is 0.783. The van der Waals surface area contributed by atoms with Gasteiger partial charge in [-0.3, -0.25) is 4.79 Å². The van der Waals surface area contributed by atoms with Gasteiger partial charge in [0.1, 0.15) is 0 Å². The summed E-state index contributed by atoms with van der Waals surface area (Å²) in [4.78, 5) is 13.6. The number of rotatable bonds is 2. The van der Waals surface area contributed by atoms with Gasteiger partial charge in [0.05, 0.1) is 5.60 Å². The molecule has 0 aromatic heterocycles. The van der Waals surface area contributed by atoms with E-state index < -0.39 is 5.60 Å². The number of hydrogen-bond donors (Lipinski definition) is 1. The van der Waals surface area contributed by atoms with Gasteiger partial charge in [-0.1, -0.05) is 18.2 Å². The minimum atomic E-state index is -0.766. The van der Waals surface area contributed by atoms with Gasteiger partial charge in [-0.05, 0) is 38.4 Å². The molecule has 0 aliphatic carbocycles. The van der Waals surface area contributed by atoms with E-state index in [-0.39, 0.29) is 5.78 Å². The van der Waals surface area contributed by atoms with E-state index in [0.29, 0.717) is 5.56 Å². The molecule has 1 fully saturated rings. The molecule has 0 spiro atoms. The highest BCUT2D eigenvalue weighted by molar-refractivity contribution is 5.94. The lowest BCUT2D eigenvalue weighted by atomic mass is 9.84. The summed E-state index contributed by atoms with van der Waals surface area (Å²) >= 11 is 0. The van der Waals surface area contributed by atoms with Gasteiger partial charge in [-0.15, -0.1) is 0 Å². The normalized spacial score (nSPS) is 20.2. The zero-order valence-electron chi connectivity index (χ0n) is 10.4. The zero-order valence-corrected chi connectivity index (χ0v) is 10.4. The van der Waals surface area contributed by atoms with Gasteiger partial charge in [0, 0.05) is 18.7 Å². The summed E-state index contributed by atoms with van der Waals surface area (Å²) < 4.78 is 0. The second kappa shape index (κ2) is 4.59. The topological polar surface area (TPSA) is 40.5 Å². The van der Waals surface area contributed by atoms with E-state index in [1.807, 2.05) is 18.2 Å². The molecule has 0 radical (unpaired) electrons. The molecule has 3 heteroatoms. The molecule has 1 aromatic rings. The van der Waals surface area contributed by atoms with Gasteiger partial charge in [-0.25, -0.2) is 0 Å². The third-order valence-electron chi connectivity index (χ3n) is 3.62. The van der Waals surface area contributed by atoms with E-state index in [1.54, 1.807) is 13.0 Å². The smallest absolute Gasteiger partial charge is 0.159 e. The van der Waals surface area contributed by atoms with Gasteiger partial charge in [-0.2, -0.15) is 0 Å². The highest BCUT2D eigenvalue weighted by Gasteiger charge is 2.33. The number of hydrogen-bond acceptors (Lipinski definition) is 3. The van der Waals surface area contributed by atoms with Crippen molar-refractivity contribution in [2.75, 3.05) is 20.1 Å². The largest absolute Gasteiger partial charge is 0.385 e. The average Bonchev–Trinajstić information content (AvgIpc) is 2.33. The highest BCUT2D eigenvalue weighted by Crippen LogP contribution is 2.32. The maximum Gasteiger partial charge on any atom is 0.159 e. The Bertz CT molecular complexity index is 420. The fourth-order valence-corrected chi connectivity index (χ4v) is 2.30. The minimum absolute atomic E-state index is 0.0448. The number of carbonyl (C=O) groups is 1. The fourth-order valence-electron chi connectivity index (χ4n) is 2.30. The maximum atomic E-state index is 11.3. The first-order chi connectivity index (χ1) is 8.01. The van der Waals surface area contributed by atoms with Crippen molar-refractivity contribution < 1.29 is 9.90 Å². The van der Waals surface area contributed by atoms with Crippen LogP contribution in [0, 0.1) is 0 Å². The Morgan fingerprint density at radius 1 is 1.35 bits per heavy atom. The van der Waals surface area contributed by atoms with E-state index in [1.165, 1.54) is 0 Å². The number of aliphatic hydroxyl groups is 1. The Kier molecular flexibility index (Phi) is 3.31. The van der Waals surface area contributed by atoms with Crippen molar-refractivity contribution in [3.05, 3.63) is 35.4 Å². The predicted octanol–water partition coefficient (Wildman–Crippen LogP) is 1.80. The lowest BCUT2D eigenvalue weighted by molar-refractivity contribution is -0.0203. The van der Waals surface area contributed by atoms with Gasteiger partial charge >= 0.3 is 0 Å². The summed E-state index contributed by atoms with van der Waals surface area (Å²) in [7, 11) is 2.06. The summed E-state index contributed by atoms with van der Waals surface area (Å²) in [5, 5.41) is 10.6. The van der Waals surface area contributed by atoms with Crippen molar-refractivity contribution in [2.24, 2.45) is 0 Å². The van der Waals surface area contributed by atoms with Crippen LogP contribution in [-0.4, -0.2) is 35.9 Å². The molecule has 1 saturated heterocycles. The number of likely N-dealkylation sites (tertiary alicyclic amines) is 1. The fraction of sp³-hybridized carbons (Fsp3) is 0.500. The SMILES string of the molecule is CC(=O)c1cccc(C2(O)CCN(C)CC2)c1. The van der Waals surface area contributed by atoms with E-state index in [4.69, 9.17) is 0 Å². The highest BCUT2D eigenvalue weighted by atomic mass is 16.3. The van der Waals surface area contributed by atoms with E-state index in [2.05, 4.69) is 11.9 Å². The summed E-state index contributed by atoms with van der Waals surface area (Å²) in [6.45, 7) is 3.33. The maximum absolute atomic E-state index is 11.3. The van der Waals surface area contributed by atoms with Crippen LogP contribution < -0.4 is 0 Å². The molecular weight excluding hydrogens is 214 g/mol. The molecule has 1 heterocycles. The van der Waals surface area contributed by atoms with Gasteiger partial charge < -0.3 is 10.0 Å². The molecule has 1 N–H and O–H groups in total. The predicted molar refractivity (Wildman–Crippen MR) is 67.1 cm³/mol. The van der Waals surface area contributed by atoms with Gasteiger partial charge in [0.2, 0.25) is 0 Å². The molecule has 1 aliphatic heterocycles. The molecule has 1 aromatic carbocycles. The van der Waals surface area contributed by atoms with Crippen LogP contribution in [-0.2, 0) is 5.60 Å². The lowest BCUT2D eigenvalue weighted by Gasteiger charge is -2.37. The molecule has 0 unspecified atom stereocenters. The molecule has 0 bridgehead atoms. The number of ketones is 1. The standard InChI is InChI=1S/C14H19NO2/c1-11(16)12-4-3-5-13(10-12)14(17)6-8-15(2)9-7-14/h3-5,10,17H,6-9H2,1-2H3. The Morgan fingerprint density at radius 3 is 2.59 bits per heavy atom. The van der Waals surface area contributed by atoms with Crippen molar-refractivity contribution in [2.45, 2.75) is 25.4 Å². The molecule has 0 amide bonds. The molecule has 3 nitrogen and oxygen atoms in total. The first-order valence-corrected chi connectivity index (χ1v) is 6.04. The van der Waals surface area contributed by atoms with E-state index >= 15 is 0 Å². The second-order valence-corrected chi connectivity index (χ2v) is 4.97. The van der Waals surface area contributed by atoms with E-state index in [0.717, 1.165) is 31.5 Å². The van der Waals surface area contributed by atoms with Crippen LogP contribution in [0.1, 0.15) is 35.7 Å². The average molecular weight is 233 g/mol. The Hall–Kier alpha value is -1.19. The second-order valence-electron chi connectivity index (χ2n) is 4.97. The third kappa shape index (κ3) is 2.56. The first kappa shape index (κ1) is 12.3. The summed E-state index contributed by atoms with van der Waals surface area (Å²) in [6.07, 6.45) is 1.45. The number of nitrogens with zero attached hydrogens (tertiary/aromatic N) is 1. The van der Waals surface area contributed by atoms with Gasteiger partial charge in [0.15, 0.2) is 5.78 Å². The van der Waals surface area contributed by atoms with Crippen molar-refractivity contribution >= 4 is 5.78 Å². The molecular formula is C14H19NO2.